The molecule has 2 heteroatoms. The van der Waals surface area contributed by atoms with Crippen LogP contribution in [0.1, 0.15) is 10.4 Å². The third-order valence-corrected chi connectivity index (χ3v) is 2.54. The lowest BCUT2D eigenvalue weighted by atomic mass is 10.1. The van der Waals surface area contributed by atoms with Crippen LogP contribution in [0.3, 0.4) is 0 Å². The molecule has 0 aliphatic heterocycles. The van der Waals surface area contributed by atoms with Gasteiger partial charge in [0.15, 0.2) is 5.78 Å². The van der Waals surface area contributed by atoms with Crippen LogP contribution in [-0.4, -0.2) is 5.78 Å². The number of rotatable bonds is 5. The Morgan fingerprint density at radius 2 is 1.82 bits per heavy atom. The van der Waals surface area contributed by atoms with Gasteiger partial charge in [0, 0.05) is 10.0 Å². The predicted molar refractivity (Wildman–Crippen MR) is 76.3 cm³/mol. The fourth-order valence-corrected chi connectivity index (χ4v) is 1.49. The molecule has 0 aliphatic rings. The second-order valence-electron chi connectivity index (χ2n) is 3.33. The fraction of sp³-hybridized carbons (Fsp3) is 0. The van der Waals surface area contributed by atoms with Crippen molar-refractivity contribution in [2.75, 3.05) is 0 Å². The first kappa shape index (κ1) is 13.4. The highest BCUT2D eigenvalue weighted by atomic mass is 79.9. The molecular formula is C15H13BrO. The van der Waals surface area contributed by atoms with Crippen LogP contribution < -0.4 is 0 Å². The van der Waals surface area contributed by atoms with Crippen molar-refractivity contribution in [3.8, 4) is 0 Å². The molecule has 0 aliphatic carbocycles. The van der Waals surface area contributed by atoms with Crippen LogP contribution in [0.5, 0.6) is 0 Å². The summed E-state index contributed by atoms with van der Waals surface area (Å²) in [4.78, 5) is 11.8. The topological polar surface area (TPSA) is 17.1 Å². The van der Waals surface area contributed by atoms with Crippen molar-refractivity contribution in [1.29, 1.82) is 0 Å². The van der Waals surface area contributed by atoms with E-state index in [1.54, 1.807) is 30.4 Å². The van der Waals surface area contributed by atoms with E-state index in [-0.39, 0.29) is 5.78 Å². The molecule has 86 valence electrons. The minimum absolute atomic E-state index is 0.0330. The van der Waals surface area contributed by atoms with Crippen molar-refractivity contribution >= 4 is 21.7 Å². The molecular weight excluding hydrogens is 276 g/mol. The Labute approximate surface area is 110 Å². The van der Waals surface area contributed by atoms with Gasteiger partial charge >= 0.3 is 0 Å². The smallest absolute Gasteiger partial charge is 0.185 e. The second-order valence-corrected chi connectivity index (χ2v) is 4.28. The molecule has 0 atom stereocenters. The number of hydrogen-bond acceptors (Lipinski definition) is 1. The second kappa shape index (κ2) is 6.81. The average Bonchev–Trinajstić information content (AvgIpc) is 2.34. The van der Waals surface area contributed by atoms with Gasteiger partial charge in [0.05, 0.1) is 0 Å². The van der Waals surface area contributed by atoms with Crippen LogP contribution in [0, 0.1) is 0 Å². The van der Waals surface area contributed by atoms with Crippen LogP contribution in [0.15, 0.2) is 77.8 Å². The fourth-order valence-electron chi connectivity index (χ4n) is 1.23. The Morgan fingerprint density at radius 1 is 1.18 bits per heavy atom. The van der Waals surface area contributed by atoms with Crippen molar-refractivity contribution < 1.29 is 4.79 Å². The van der Waals surface area contributed by atoms with Gasteiger partial charge in [0.2, 0.25) is 0 Å². The highest BCUT2D eigenvalue weighted by molar-refractivity contribution is 9.11. The minimum atomic E-state index is -0.0330. The summed E-state index contributed by atoms with van der Waals surface area (Å²) in [6, 6.07) is 9.12. The molecule has 1 nitrogen and oxygen atoms in total. The lowest BCUT2D eigenvalue weighted by Crippen LogP contribution is -1.93. The van der Waals surface area contributed by atoms with Crippen molar-refractivity contribution in [3.63, 3.8) is 0 Å². The van der Waals surface area contributed by atoms with Crippen LogP contribution in [0.4, 0.5) is 0 Å². The molecule has 0 bridgehead atoms. The first-order chi connectivity index (χ1) is 8.15. The molecule has 1 aromatic carbocycles. The van der Waals surface area contributed by atoms with Crippen molar-refractivity contribution in [2.45, 2.75) is 0 Å². The van der Waals surface area contributed by atoms with Gasteiger partial charge in [-0.1, -0.05) is 71.6 Å². The first-order valence-corrected chi connectivity index (χ1v) is 5.89. The Hall–Kier alpha value is -1.67. The van der Waals surface area contributed by atoms with Gasteiger partial charge < -0.3 is 0 Å². The summed E-state index contributed by atoms with van der Waals surface area (Å²) >= 11 is 3.28. The number of allylic oxidation sites excluding steroid dienone is 6. The standard InChI is InChI=1S/C15H13BrO/c1-3-7-13(12(2)16)10-11-15(17)14-8-5-4-6-9-14/h3-11H,1-2H2/b11-10+,13-7-. The van der Waals surface area contributed by atoms with Gasteiger partial charge in [0.25, 0.3) is 0 Å². The molecule has 0 aromatic heterocycles. The Balaban J connectivity index is 2.84. The molecule has 0 saturated carbocycles. The lowest BCUT2D eigenvalue weighted by molar-refractivity contribution is 0.104. The van der Waals surface area contributed by atoms with Crippen molar-refractivity contribution in [2.24, 2.45) is 0 Å². The van der Waals surface area contributed by atoms with Gasteiger partial charge in [-0.05, 0) is 17.7 Å². The maximum atomic E-state index is 11.8. The number of carbonyl (C=O) groups excluding carboxylic acids is 1. The molecule has 1 rings (SSSR count). The molecule has 1 aromatic rings. The number of halogens is 1. The SMILES string of the molecule is C=C/C=C(/C=C/C(=O)c1ccccc1)C(=C)Br. The van der Waals surface area contributed by atoms with Crippen LogP contribution in [0.25, 0.3) is 0 Å². The average molecular weight is 289 g/mol. The summed E-state index contributed by atoms with van der Waals surface area (Å²) < 4.78 is 0.717. The monoisotopic (exact) mass is 288 g/mol. The third kappa shape index (κ3) is 4.37. The van der Waals surface area contributed by atoms with E-state index in [2.05, 4.69) is 29.1 Å². The predicted octanol–water partition coefficient (Wildman–Crippen LogP) is 4.45. The Kier molecular flexibility index (Phi) is 5.37. The van der Waals surface area contributed by atoms with E-state index in [1.807, 2.05) is 18.2 Å². The molecule has 17 heavy (non-hydrogen) atoms. The maximum Gasteiger partial charge on any atom is 0.185 e. The molecule has 0 saturated heterocycles. The van der Waals surface area contributed by atoms with Gasteiger partial charge in [-0.3, -0.25) is 4.79 Å². The largest absolute Gasteiger partial charge is 0.289 e. The third-order valence-electron chi connectivity index (χ3n) is 2.08. The van der Waals surface area contributed by atoms with E-state index in [4.69, 9.17) is 0 Å². The lowest BCUT2D eigenvalue weighted by Gasteiger charge is -1.97. The first-order valence-electron chi connectivity index (χ1n) is 5.10. The molecule has 0 spiro atoms. The van der Waals surface area contributed by atoms with Crippen LogP contribution >= 0.6 is 15.9 Å². The quantitative estimate of drug-likeness (QED) is 0.445. The molecule has 0 N–H and O–H groups in total. The number of hydrogen-bond donors (Lipinski definition) is 0. The summed E-state index contributed by atoms with van der Waals surface area (Å²) in [5, 5.41) is 0. The summed E-state index contributed by atoms with van der Waals surface area (Å²) in [6.07, 6.45) is 6.68. The van der Waals surface area contributed by atoms with Gasteiger partial charge in [-0.25, -0.2) is 0 Å². The van der Waals surface area contributed by atoms with Crippen molar-refractivity contribution in [1.82, 2.24) is 0 Å². The van der Waals surface area contributed by atoms with E-state index in [1.165, 1.54) is 6.08 Å². The summed E-state index contributed by atoms with van der Waals surface area (Å²) in [7, 11) is 0. The zero-order chi connectivity index (χ0) is 12.7. The number of ketones is 1. The summed E-state index contributed by atoms with van der Waals surface area (Å²) in [6.45, 7) is 7.37. The van der Waals surface area contributed by atoms with Crippen LogP contribution in [-0.2, 0) is 0 Å². The van der Waals surface area contributed by atoms with E-state index in [0.717, 1.165) is 10.1 Å². The Bertz CT molecular complexity index is 481. The highest BCUT2D eigenvalue weighted by Crippen LogP contribution is 2.16. The molecule has 0 heterocycles. The molecule has 0 amide bonds. The van der Waals surface area contributed by atoms with E-state index >= 15 is 0 Å². The zero-order valence-electron chi connectivity index (χ0n) is 9.40. The minimum Gasteiger partial charge on any atom is -0.289 e. The van der Waals surface area contributed by atoms with Gasteiger partial charge in [0.1, 0.15) is 0 Å². The van der Waals surface area contributed by atoms with E-state index in [9.17, 15) is 4.79 Å². The maximum absolute atomic E-state index is 11.8. The molecule has 0 radical (unpaired) electrons. The van der Waals surface area contributed by atoms with Crippen LogP contribution in [0.2, 0.25) is 0 Å². The number of carbonyl (C=O) groups is 1. The highest BCUT2D eigenvalue weighted by Gasteiger charge is 2.00. The Morgan fingerprint density at radius 3 is 2.35 bits per heavy atom. The summed E-state index contributed by atoms with van der Waals surface area (Å²) in [5.74, 6) is -0.0330. The summed E-state index contributed by atoms with van der Waals surface area (Å²) in [5.41, 5.74) is 1.49. The van der Waals surface area contributed by atoms with Gasteiger partial charge in [-0.2, -0.15) is 0 Å². The zero-order valence-corrected chi connectivity index (χ0v) is 11.0. The van der Waals surface area contributed by atoms with Crippen molar-refractivity contribution in [3.05, 3.63) is 83.4 Å². The van der Waals surface area contributed by atoms with Gasteiger partial charge in [-0.15, -0.1) is 0 Å². The molecule has 0 unspecified atom stereocenters. The normalized spacial score (nSPS) is 11.5. The molecule has 0 fully saturated rings. The number of benzene rings is 1. The van der Waals surface area contributed by atoms with E-state index in [0.29, 0.717) is 5.56 Å². The van der Waals surface area contributed by atoms with E-state index < -0.39 is 0 Å².